The lowest BCUT2D eigenvalue weighted by Crippen LogP contribution is -2.41. The van der Waals surface area contributed by atoms with Crippen molar-refractivity contribution in [3.63, 3.8) is 0 Å². The number of anilines is 1. The number of sulfonamides is 2. The summed E-state index contributed by atoms with van der Waals surface area (Å²) in [7, 11) is -8.06. The number of primary sulfonamides is 1. The first kappa shape index (κ1) is 25.8. The van der Waals surface area contributed by atoms with Gasteiger partial charge < -0.3 is 4.90 Å². The van der Waals surface area contributed by atoms with Crippen LogP contribution in [0.4, 0.5) is 10.1 Å². The molecule has 0 saturated carbocycles. The van der Waals surface area contributed by atoms with Crippen molar-refractivity contribution in [2.24, 2.45) is 5.14 Å². The highest BCUT2D eigenvalue weighted by molar-refractivity contribution is 7.91. The van der Waals surface area contributed by atoms with Crippen LogP contribution in [0.1, 0.15) is 6.42 Å². The van der Waals surface area contributed by atoms with E-state index in [4.69, 9.17) is 16.7 Å². The van der Waals surface area contributed by atoms with Gasteiger partial charge in [-0.2, -0.15) is 4.72 Å². The molecule has 0 spiro atoms. The molecular weight excluding hydrogens is 561 g/mol. The van der Waals surface area contributed by atoms with Gasteiger partial charge in [-0.25, -0.2) is 26.4 Å². The molecule has 1 saturated heterocycles. The molecule has 0 radical (unpaired) electrons. The van der Waals surface area contributed by atoms with E-state index in [-0.39, 0.29) is 38.9 Å². The first-order chi connectivity index (χ1) is 17.4. The molecule has 0 bridgehead atoms. The molecule has 13 heteroatoms. The zero-order chi connectivity index (χ0) is 26.5. The van der Waals surface area contributed by atoms with E-state index >= 15 is 4.39 Å². The van der Waals surface area contributed by atoms with E-state index in [0.29, 0.717) is 15.1 Å². The second-order valence-electron chi connectivity index (χ2n) is 8.41. The van der Waals surface area contributed by atoms with E-state index in [9.17, 15) is 21.6 Å². The summed E-state index contributed by atoms with van der Waals surface area (Å²) in [5.41, 5.74) is 0.443. The zero-order valence-corrected chi connectivity index (χ0v) is 22.1. The number of nitrogens with two attached hydrogens (primary N) is 1. The van der Waals surface area contributed by atoms with Gasteiger partial charge in [-0.1, -0.05) is 41.9 Å². The standard InChI is InChI=1S/C24H19ClFN3O5S3/c25-16-7-5-15-12-23(35-21(15)13-16)37(33,34)28-19-9-10-29(24(19)30)20-8-6-14(11-18(20)26)17-3-1-2-4-22(17)36(27,31)32/h1-8,11-13,19,28H,9-10H2,(H2,27,31,32). The molecular formula is C24H19ClFN3O5S3. The van der Waals surface area contributed by atoms with Crippen molar-refractivity contribution in [2.45, 2.75) is 21.6 Å². The number of carbonyl (C=O) groups is 1. The molecule has 1 aromatic heterocycles. The molecule has 2 heterocycles. The van der Waals surface area contributed by atoms with Crippen molar-refractivity contribution in [2.75, 3.05) is 11.4 Å². The Morgan fingerprint density at radius 1 is 1.03 bits per heavy atom. The maximum absolute atomic E-state index is 15.1. The van der Waals surface area contributed by atoms with E-state index in [2.05, 4.69) is 4.72 Å². The first-order valence-electron chi connectivity index (χ1n) is 10.9. The third-order valence-electron chi connectivity index (χ3n) is 5.97. The van der Waals surface area contributed by atoms with Crippen molar-refractivity contribution in [1.29, 1.82) is 0 Å². The van der Waals surface area contributed by atoms with E-state index in [1.807, 2.05) is 0 Å². The third kappa shape index (κ3) is 5.00. The van der Waals surface area contributed by atoms with Gasteiger partial charge >= 0.3 is 0 Å². The molecule has 8 nitrogen and oxygen atoms in total. The molecule has 5 rings (SSSR count). The van der Waals surface area contributed by atoms with Crippen LogP contribution in [-0.4, -0.2) is 35.3 Å². The van der Waals surface area contributed by atoms with Gasteiger partial charge in [0.1, 0.15) is 16.1 Å². The Bertz CT molecular complexity index is 1770. The minimum atomic E-state index is -4.05. The fraction of sp³-hybridized carbons (Fsp3) is 0.125. The molecule has 1 amide bonds. The van der Waals surface area contributed by atoms with Gasteiger partial charge in [-0.3, -0.25) is 4.79 Å². The number of halogens is 2. The number of thiophene rings is 1. The van der Waals surface area contributed by atoms with E-state index in [1.165, 1.54) is 41.3 Å². The van der Waals surface area contributed by atoms with Crippen LogP contribution in [0.2, 0.25) is 5.02 Å². The smallest absolute Gasteiger partial charge is 0.250 e. The Balaban J connectivity index is 1.38. The summed E-state index contributed by atoms with van der Waals surface area (Å²) in [5.74, 6) is -1.36. The highest BCUT2D eigenvalue weighted by Crippen LogP contribution is 2.34. The average Bonchev–Trinajstić information content (AvgIpc) is 3.42. The zero-order valence-electron chi connectivity index (χ0n) is 18.9. The van der Waals surface area contributed by atoms with E-state index in [1.54, 1.807) is 24.3 Å². The lowest BCUT2D eigenvalue weighted by atomic mass is 10.0. The highest BCUT2D eigenvalue weighted by Gasteiger charge is 2.37. The quantitative estimate of drug-likeness (QED) is 0.356. The topological polar surface area (TPSA) is 127 Å². The van der Waals surface area contributed by atoms with Crippen LogP contribution in [0, 0.1) is 5.82 Å². The molecule has 37 heavy (non-hydrogen) atoms. The van der Waals surface area contributed by atoms with E-state index in [0.717, 1.165) is 17.4 Å². The fourth-order valence-corrected chi connectivity index (χ4v) is 7.91. The highest BCUT2D eigenvalue weighted by atomic mass is 35.5. The third-order valence-corrected chi connectivity index (χ3v) is 10.2. The number of rotatable bonds is 6. The molecule has 4 aromatic rings. The predicted octanol–water partition coefficient (Wildman–Crippen LogP) is 4.09. The molecule has 1 atom stereocenters. The number of fused-ring (bicyclic) bond motifs is 1. The normalized spacial score (nSPS) is 16.6. The summed E-state index contributed by atoms with van der Waals surface area (Å²) < 4.78 is 68.1. The van der Waals surface area contributed by atoms with Gasteiger partial charge in [0, 0.05) is 21.8 Å². The summed E-state index contributed by atoms with van der Waals surface area (Å²) >= 11 is 7.02. The molecule has 1 aliphatic heterocycles. The molecule has 1 aliphatic rings. The maximum Gasteiger partial charge on any atom is 0.250 e. The molecule has 3 aromatic carbocycles. The Kier molecular flexibility index (Phi) is 6.59. The number of hydrogen-bond donors (Lipinski definition) is 2. The lowest BCUT2D eigenvalue weighted by Gasteiger charge is -2.19. The number of benzene rings is 3. The molecule has 1 unspecified atom stereocenters. The van der Waals surface area contributed by atoms with Crippen LogP contribution in [0.15, 0.2) is 75.8 Å². The number of nitrogens with one attached hydrogen (secondary N) is 1. The Hall–Kier alpha value is -2.87. The molecule has 192 valence electrons. The van der Waals surface area contributed by atoms with E-state index < -0.39 is 37.8 Å². The van der Waals surface area contributed by atoms with Crippen molar-refractivity contribution in [1.82, 2.24) is 4.72 Å². The van der Waals surface area contributed by atoms with Crippen LogP contribution < -0.4 is 14.8 Å². The minimum absolute atomic E-state index is 0.0416. The SMILES string of the molecule is NS(=O)(=O)c1ccccc1-c1ccc(N2CCC(NS(=O)(=O)c3cc4ccc(Cl)cc4s3)C2=O)c(F)c1. The van der Waals surface area contributed by atoms with Crippen LogP contribution in [0.3, 0.4) is 0 Å². The number of amides is 1. The van der Waals surface area contributed by atoms with Crippen LogP contribution >= 0.6 is 22.9 Å². The van der Waals surface area contributed by atoms with Crippen molar-refractivity contribution in [3.05, 3.63) is 77.6 Å². The summed E-state index contributed by atoms with van der Waals surface area (Å²) in [6.45, 7) is 0.0953. The molecule has 1 fully saturated rings. The summed E-state index contributed by atoms with van der Waals surface area (Å²) in [4.78, 5) is 14.1. The fourth-order valence-electron chi connectivity index (χ4n) is 4.23. The van der Waals surface area contributed by atoms with Crippen molar-refractivity contribution < 1.29 is 26.0 Å². The predicted molar refractivity (Wildman–Crippen MR) is 141 cm³/mol. The second kappa shape index (κ2) is 9.46. The van der Waals surface area contributed by atoms with Gasteiger partial charge in [0.2, 0.25) is 15.9 Å². The maximum atomic E-state index is 15.1. The van der Waals surface area contributed by atoms with Gasteiger partial charge in [0.05, 0.1) is 10.6 Å². The van der Waals surface area contributed by atoms with Gasteiger partial charge in [0.25, 0.3) is 10.0 Å². The Morgan fingerprint density at radius 3 is 2.51 bits per heavy atom. The van der Waals surface area contributed by atoms with Gasteiger partial charge in [-0.05, 0) is 53.8 Å². The Morgan fingerprint density at radius 2 is 1.78 bits per heavy atom. The molecule has 0 aliphatic carbocycles. The number of carbonyl (C=O) groups excluding carboxylic acids is 1. The molecule has 3 N–H and O–H groups in total. The number of nitrogens with zero attached hydrogens (tertiary/aromatic N) is 1. The largest absolute Gasteiger partial charge is 0.308 e. The first-order valence-corrected chi connectivity index (χ1v) is 15.1. The van der Waals surface area contributed by atoms with Gasteiger partial charge in [-0.15, -0.1) is 11.3 Å². The Labute approximate surface area is 221 Å². The summed E-state index contributed by atoms with van der Waals surface area (Å²) in [5, 5.41) is 6.47. The summed E-state index contributed by atoms with van der Waals surface area (Å²) in [6.07, 6.45) is 0.143. The van der Waals surface area contributed by atoms with Crippen molar-refractivity contribution in [3.8, 4) is 11.1 Å². The monoisotopic (exact) mass is 579 g/mol. The van der Waals surface area contributed by atoms with Gasteiger partial charge in [0.15, 0.2) is 0 Å². The minimum Gasteiger partial charge on any atom is -0.308 e. The summed E-state index contributed by atoms with van der Waals surface area (Å²) in [6, 6.07) is 15.4. The second-order valence-corrected chi connectivity index (χ2v) is 13.4. The van der Waals surface area contributed by atoms with Crippen molar-refractivity contribution >= 4 is 64.7 Å². The van der Waals surface area contributed by atoms with Crippen LogP contribution in [0.5, 0.6) is 0 Å². The lowest BCUT2D eigenvalue weighted by molar-refractivity contribution is -0.118. The average molecular weight is 580 g/mol. The number of hydrogen-bond acceptors (Lipinski definition) is 6. The van der Waals surface area contributed by atoms with Crippen LogP contribution in [0.25, 0.3) is 21.2 Å². The van der Waals surface area contributed by atoms with Crippen LogP contribution in [-0.2, 0) is 24.8 Å².